The molecule has 0 aliphatic heterocycles. The van der Waals surface area contributed by atoms with Crippen LogP contribution in [0.15, 0.2) is 18.2 Å². The third kappa shape index (κ3) is 5.45. The quantitative estimate of drug-likeness (QED) is 0.831. The molecule has 2 nitrogen and oxygen atoms in total. The van der Waals surface area contributed by atoms with Gasteiger partial charge in [0.2, 0.25) is 0 Å². The van der Waals surface area contributed by atoms with Crippen LogP contribution in [0.25, 0.3) is 0 Å². The molecule has 0 aromatic heterocycles. The standard InChI is InChI=1S/C13H16F6N2/c1-3-20-7-9-4-5-11(10(6-9)13(17,18)19)21(2)8-12(14,15)16/h4-6,20H,3,7-8H2,1-2H3. The van der Waals surface area contributed by atoms with Crippen LogP contribution in [0.2, 0.25) is 0 Å². The molecular weight excluding hydrogens is 298 g/mol. The summed E-state index contributed by atoms with van der Waals surface area (Å²) in [5.41, 5.74) is -1.18. The van der Waals surface area contributed by atoms with Crippen LogP contribution < -0.4 is 10.2 Å². The number of nitrogens with one attached hydrogen (secondary N) is 1. The molecule has 0 fully saturated rings. The van der Waals surface area contributed by atoms with Crippen molar-refractivity contribution < 1.29 is 26.3 Å². The monoisotopic (exact) mass is 314 g/mol. The molecule has 0 saturated carbocycles. The van der Waals surface area contributed by atoms with E-state index in [2.05, 4.69) is 5.32 Å². The van der Waals surface area contributed by atoms with Crippen molar-refractivity contribution in [3.8, 4) is 0 Å². The van der Waals surface area contributed by atoms with E-state index >= 15 is 0 Å². The fourth-order valence-corrected chi connectivity index (χ4v) is 1.88. The molecule has 0 bridgehead atoms. The Morgan fingerprint density at radius 2 is 1.71 bits per heavy atom. The number of rotatable bonds is 5. The SMILES string of the molecule is CCNCc1ccc(N(C)CC(F)(F)F)c(C(F)(F)F)c1. The van der Waals surface area contributed by atoms with Gasteiger partial charge in [-0.2, -0.15) is 26.3 Å². The van der Waals surface area contributed by atoms with Gasteiger partial charge in [0, 0.05) is 19.3 Å². The van der Waals surface area contributed by atoms with Crippen LogP contribution in [0.5, 0.6) is 0 Å². The minimum absolute atomic E-state index is 0.225. The molecule has 8 heteroatoms. The Balaban J connectivity index is 3.13. The molecule has 0 aliphatic rings. The largest absolute Gasteiger partial charge is 0.418 e. The number of halogens is 6. The van der Waals surface area contributed by atoms with Crippen LogP contribution >= 0.6 is 0 Å². The molecule has 0 saturated heterocycles. The van der Waals surface area contributed by atoms with Gasteiger partial charge in [-0.15, -0.1) is 0 Å². The van der Waals surface area contributed by atoms with Gasteiger partial charge in [-0.05, 0) is 24.2 Å². The van der Waals surface area contributed by atoms with E-state index in [1.165, 1.54) is 6.07 Å². The minimum atomic E-state index is -4.71. The summed E-state index contributed by atoms with van der Waals surface area (Å²) in [7, 11) is 0.988. The van der Waals surface area contributed by atoms with Crippen LogP contribution in [-0.4, -0.2) is 26.3 Å². The van der Waals surface area contributed by atoms with Crippen molar-refractivity contribution in [2.75, 3.05) is 25.0 Å². The molecule has 0 amide bonds. The first-order valence-electron chi connectivity index (χ1n) is 6.23. The van der Waals surface area contributed by atoms with Crippen LogP contribution in [0.3, 0.4) is 0 Å². The average Bonchev–Trinajstić information content (AvgIpc) is 2.32. The lowest BCUT2D eigenvalue weighted by Crippen LogP contribution is -2.32. The normalized spacial score (nSPS) is 12.6. The zero-order valence-electron chi connectivity index (χ0n) is 11.6. The summed E-state index contributed by atoms with van der Waals surface area (Å²) >= 11 is 0. The summed E-state index contributed by atoms with van der Waals surface area (Å²) in [5, 5.41) is 2.87. The van der Waals surface area contributed by atoms with Gasteiger partial charge in [-0.3, -0.25) is 0 Å². The molecule has 0 atom stereocenters. The van der Waals surface area contributed by atoms with E-state index in [-0.39, 0.29) is 6.54 Å². The van der Waals surface area contributed by atoms with Gasteiger partial charge in [0.05, 0.1) is 5.56 Å². The van der Waals surface area contributed by atoms with E-state index in [4.69, 9.17) is 0 Å². The van der Waals surface area contributed by atoms with Crippen molar-refractivity contribution in [1.29, 1.82) is 0 Å². The highest BCUT2D eigenvalue weighted by Crippen LogP contribution is 2.37. The lowest BCUT2D eigenvalue weighted by molar-refractivity contribution is -0.138. The minimum Gasteiger partial charge on any atom is -0.365 e. The van der Waals surface area contributed by atoms with Crippen molar-refractivity contribution in [2.45, 2.75) is 25.8 Å². The number of alkyl halides is 6. The molecule has 1 rings (SSSR count). The zero-order chi connectivity index (χ0) is 16.3. The zero-order valence-corrected chi connectivity index (χ0v) is 11.6. The van der Waals surface area contributed by atoms with Gasteiger partial charge in [-0.25, -0.2) is 0 Å². The average molecular weight is 314 g/mol. The molecule has 1 aromatic carbocycles. The summed E-state index contributed by atoms with van der Waals surface area (Å²) in [6.07, 6.45) is -9.28. The van der Waals surface area contributed by atoms with E-state index in [1.807, 2.05) is 0 Å². The van der Waals surface area contributed by atoms with Crippen LogP contribution in [0.4, 0.5) is 32.0 Å². The number of hydrogen-bond donors (Lipinski definition) is 1. The Morgan fingerprint density at radius 1 is 1.10 bits per heavy atom. The second kappa shape index (κ2) is 6.55. The predicted molar refractivity (Wildman–Crippen MR) is 68.1 cm³/mol. The first-order valence-corrected chi connectivity index (χ1v) is 6.23. The second-order valence-electron chi connectivity index (χ2n) is 4.60. The van der Waals surface area contributed by atoms with Gasteiger partial charge >= 0.3 is 12.4 Å². The topological polar surface area (TPSA) is 15.3 Å². The number of nitrogens with zero attached hydrogens (tertiary/aromatic N) is 1. The molecule has 1 aromatic rings. The summed E-state index contributed by atoms with van der Waals surface area (Å²) < 4.78 is 76.0. The third-order valence-electron chi connectivity index (χ3n) is 2.77. The fraction of sp³-hybridized carbons (Fsp3) is 0.538. The van der Waals surface area contributed by atoms with Gasteiger partial charge in [0.1, 0.15) is 6.54 Å². The first-order chi connectivity index (χ1) is 9.54. The Hall–Kier alpha value is -1.44. The molecular formula is C13H16F6N2. The van der Waals surface area contributed by atoms with E-state index < -0.39 is 30.1 Å². The molecule has 0 radical (unpaired) electrons. The van der Waals surface area contributed by atoms with Crippen LogP contribution in [0.1, 0.15) is 18.1 Å². The van der Waals surface area contributed by atoms with Crippen LogP contribution in [0, 0.1) is 0 Å². The smallest absolute Gasteiger partial charge is 0.365 e. The van der Waals surface area contributed by atoms with E-state index in [0.717, 1.165) is 19.2 Å². The highest BCUT2D eigenvalue weighted by Gasteiger charge is 2.37. The van der Waals surface area contributed by atoms with Crippen molar-refractivity contribution in [3.63, 3.8) is 0 Å². The summed E-state index contributed by atoms with van der Waals surface area (Å²) in [6.45, 7) is 1.17. The lowest BCUT2D eigenvalue weighted by atomic mass is 10.1. The van der Waals surface area contributed by atoms with Crippen molar-refractivity contribution >= 4 is 5.69 Å². The maximum atomic E-state index is 13.0. The van der Waals surface area contributed by atoms with E-state index in [9.17, 15) is 26.3 Å². The third-order valence-corrected chi connectivity index (χ3v) is 2.77. The summed E-state index contributed by atoms with van der Waals surface area (Å²) in [6, 6.07) is 3.34. The predicted octanol–water partition coefficient (Wildman–Crippen LogP) is 3.81. The van der Waals surface area contributed by atoms with Crippen molar-refractivity contribution in [1.82, 2.24) is 5.32 Å². The number of hydrogen-bond acceptors (Lipinski definition) is 2. The summed E-state index contributed by atoms with van der Waals surface area (Å²) in [4.78, 5) is 0.555. The Kier molecular flexibility index (Phi) is 5.49. The fourth-order valence-electron chi connectivity index (χ4n) is 1.88. The number of benzene rings is 1. The molecule has 1 N–H and O–H groups in total. The Labute approximate surface area is 118 Å². The molecule has 0 aliphatic carbocycles. The van der Waals surface area contributed by atoms with Gasteiger partial charge < -0.3 is 10.2 Å². The Morgan fingerprint density at radius 3 is 2.19 bits per heavy atom. The Bertz CT molecular complexity index is 467. The highest BCUT2D eigenvalue weighted by molar-refractivity contribution is 5.56. The summed E-state index contributed by atoms with van der Waals surface area (Å²) in [5.74, 6) is 0. The van der Waals surface area contributed by atoms with Gasteiger partial charge in [-0.1, -0.05) is 13.0 Å². The number of anilines is 1. The maximum absolute atomic E-state index is 13.0. The molecule has 0 unspecified atom stereocenters. The molecule has 120 valence electrons. The van der Waals surface area contributed by atoms with E-state index in [1.54, 1.807) is 6.92 Å². The van der Waals surface area contributed by atoms with Gasteiger partial charge in [0.15, 0.2) is 0 Å². The van der Waals surface area contributed by atoms with E-state index in [0.29, 0.717) is 17.0 Å². The molecule has 0 spiro atoms. The van der Waals surface area contributed by atoms with Crippen molar-refractivity contribution in [2.24, 2.45) is 0 Å². The first kappa shape index (κ1) is 17.6. The molecule has 21 heavy (non-hydrogen) atoms. The van der Waals surface area contributed by atoms with Crippen molar-refractivity contribution in [3.05, 3.63) is 29.3 Å². The maximum Gasteiger partial charge on any atom is 0.418 e. The van der Waals surface area contributed by atoms with Crippen LogP contribution in [-0.2, 0) is 12.7 Å². The van der Waals surface area contributed by atoms with Gasteiger partial charge in [0.25, 0.3) is 0 Å². The molecule has 0 heterocycles. The highest BCUT2D eigenvalue weighted by atomic mass is 19.4. The lowest BCUT2D eigenvalue weighted by Gasteiger charge is -2.25. The second-order valence-corrected chi connectivity index (χ2v) is 4.60.